The van der Waals surface area contributed by atoms with Crippen LogP contribution < -0.4 is 5.32 Å². The quantitative estimate of drug-likeness (QED) is 0.770. The second-order valence-corrected chi connectivity index (χ2v) is 6.51. The molecule has 0 unspecified atom stereocenters. The Labute approximate surface area is 141 Å². The first-order valence-electron chi connectivity index (χ1n) is 8.62. The molecule has 2 aliphatic rings. The molecular formula is C17H26N2O5. The van der Waals surface area contributed by atoms with Gasteiger partial charge in [-0.25, -0.2) is 4.79 Å². The molecule has 0 aliphatic carbocycles. The zero-order chi connectivity index (χ0) is 16.8. The van der Waals surface area contributed by atoms with Gasteiger partial charge in [-0.2, -0.15) is 0 Å². The Hall–Kier alpha value is -1.41. The van der Waals surface area contributed by atoms with Gasteiger partial charge in [0.25, 0.3) is 0 Å². The summed E-state index contributed by atoms with van der Waals surface area (Å²) in [6.07, 6.45) is 4.53. The van der Waals surface area contributed by atoms with Crippen molar-refractivity contribution >= 4 is 5.97 Å². The van der Waals surface area contributed by atoms with E-state index < -0.39 is 5.97 Å². The maximum atomic E-state index is 10.7. The van der Waals surface area contributed by atoms with Gasteiger partial charge in [-0.05, 0) is 31.4 Å². The number of hydrogen-bond donors (Lipinski definition) is 2. The topological polar surface area (TPSA) is 84.2 Å². The predicted molar refractivity (Wildman–Crippen MR) is 86.7 cm³/mol. The van der Waals surface area contributed by atoms with Crippen molar-refractivity contribution in [2.24, 2.45) is 0 Å². The fourth-order valence-electron chi connectivity index (χ4n) is 3.43. The summed E-state index contributed by atoms with van der Waals surface area (Å²) in [5, 5.41) is 12.5. The van der Waals surface area contributed by atoms with E-state index in [1.165, 1.54) is 0 Å². The van der Waals surface area contributed by atoms with Crippen LogP contribution in [0.4, 0.5) is 0 Å². The number of piperidine rings is 1. The number of carboxylic acids is 1. The van der Waals surface area contributed by atoms with Gasteiger partial charge in [0.05, 0.1) is 25.5 Å². The van der Waals surface area contributed by atoms with Crippen LogP contribution >= 0.6 is 0 Å². The van der Waals surface area contributed by atoms with E-state index in [0.717, 1.165) is 44.7 Å². The molecule has 0 bridgehead atoms. The number of furan rings is 1. The number of hydrogen-bond acceptors (Lipinski definition) is 6. The molecule has 24 heavy (non-hydrogen) atoms. The van der Waals surface area contributed by atoms with E-state index in [-0.39, 0.29) is 18.8 Å². The van der Waals surface area contributed by atoms with E-state index in [9.17, 15) is 4.79 Å². The van der Waals surface area contributed by atoms with Gasteiger partial charge in [0.1, 0.15) is 12.4 Å². The van der Waals surface area contributed by atoms with Crippen molar-refractivity contribution in [3.8, 4) is 0 Å². The summed E-state index contributed by atoms with van der Waals surface area (Å²) in [4.78, 5) is 13.1. The van der Waals surface area contributed by atoms with E-state index >= 15 is 0 Å². The average molecular weight is 338 g/mol. The molecule has 7 heteroatoms. The lowest BCUT2D eigenvalue weighted by molar-refractivity contribution is -0.148. The summed E-state index contributed by atoms with van der Waals surface area (Å²) in [6, 6.07) is 4.54. The number of nitrogens with zero attached hydrogens (tertiary/aromatic N) is 1. The minimum absolute atomic E-state index is 0.166. The van der Waals surface area contributed by atoms with Crippen LogP contribution in [0, 0.1) is 0 Å². The summed E-state index contributed by atoms with van der Waals surface area (Å²) in [5.74, 6) is 0.0681. The number of carbonyl (C=O) groups is 1. The number of carboxylic acid groups (broad SMARTS) is 1. The largest absolute Gasteiger partial charge is 0.480 e. The molecule has 2 saturated heterocycles. The van der Waals surface area contributed by atoms with Gasteiger partial charge in [0.2, 0.25) is 0 Å². The Kier molecular flexibility index (Phi) is 6.25. The van der Waals surface area contributed by atoms with Crippen molar-refractivity contribution in [3.63, 3.8) is 0 Å². The second kappa shape index (κ2) is 8.62. The van der Waals surface area contributed by atoms with Crippen LogP contribution in [-0.4, -0.2) is 67.1 Å². The Bertz CT molecular complexity index is 499. The summed E-state index contributed by atoms with van der Waals surface area (Å²) in [7, 11) is 0. The number of aliphatic carboxylic acids is 1. The van der Waals surface area contributed by atoms with Crippen LogP contribution in [0.1, 0.15) is 25.0 Å². The highest BCUT2D eigenvalue weighted by molar-refractivity contribution is 5.68. The molecular weight excluding hydrogens is 312 g/mol. The second-order valence-electron chi connectivity index (χ2n) is 6.51. The molecule has 3 heterocycles. The van der Waals surface area contributed by atoms with Crippen LogP contribution in [0.2, 0.25) is 0 Å². The van der Waals surface area contributed by atoms with Crippen LogP contribution in [0.5, 0.6) is 0 Å². The van der Waals surface area contributed by atoms with Gasteiger partial charge in [-0.1, -0.05) is 0 Å². The molecule has 0 radical (unpaired) electrons. The number of nitrogens with one attached hydrogen (secondary N) is 1. The third-order valence-corrected chi connectivity index (χ3v) is 4.72. The molecule has 2 fully saturated rings. The van der Waals surface area contributed by atoms with Crippen LogP contribution in [0.15, 0.2) is 22.8 Å². The third kappa shape index (κ3) is 5.04. The maximum absolute atomic E-state index is 10.7. The number of ether oxygens (including phenoxy) is 2. The lowest BCUT2D eigenvalue weighted by atomic mass is 9.99. The van der Waals surface area contributed by atoms with Crippen molar-refractivity contribution in [1.29, 1.82) is 0 Å². The van der Waals surface area contributed by atoms with Crippen molar-refractivity contribution < 1.29 is 23.8 Å². The fraction of sp³-hybridized carbons (Fsp3) is 0.706. The van der Waals surface area contributed by atoms with E-state index in [4.69, 9.17) is 19.0 Å². The first-order chi connectivity index (χ1) is 11.7. The molecule has 2 aliphatic heterocycles. The Balaban J connectivity index is 1.43. The number of likely N-dealkylation sites (tertiary alicyclic amines) is 1. The highest BCUT2D eigenvalue weighted by Gasteiger charge is 2.30. The van der Waals surface area contributed by atoms with Gasteiger partial charge in [0, 0.05) is 31.8 Å². The monoisotopic (exact) mass is 338 g/mol. The van der Waals surface area contributed by atoms with Gasteiger partial charge < -0.3 is 24.3 Å². The van der Waals surface area contributed by atoms with E-state index in [2.05, 4.69) is 10.2 Å². The first-order valence-corrected chi connectivity index (χ1v) is 8.62. The first kappa shape index (κ1) is 17.4. The highest BCUT2D eigenvalue weighted by Crippen LogP contribution is 2.18. The van der Waals surface area contributed by atoms with Crippen LogP contribution in [-0.2, 0) is 20.8 Å². The predicted octanol–water partition coefficient (Wildman–Crippen LogP) is 1.09. The zero-order valence-corrected chi connectivity index (χ0v) is 13.9. The van der Waals surface area contributed by atoms with Crippen molar-refractivity contribution in [2.75, 3.05) is 32.9 Å². The smallest absolute Gasteiger partial charge is 0.329 e. The van der Waals surface area contributed by atoms with Crippen molar-refractivity contribution in [3.05, 3.63) is 24.2 Å². The normalized spacial score (nSPS) is 26.5. The van der Waals surface area contributed by atoms with E-state index in [1.807, 2.05) is 12.1 Å². The van der Waals surface area contributed by atoms with Gasteiger partial charge in [0.15, 0.2) is 0 Å². The standard InChI is InChI=1S/C17H26N2O5/c20-17(21)12-24-16-11-22-9-5-15(16)18-13-3-6-19(7-4-13)10-14-2-1-8-23-14/h1-2,8,13,15-16,18H,3-7,9-12H2,(H,20,21)/t15-,16-/m1/s1. The molecule has 7 nitrogen and oxygen atoms in total. The Morgan fingerprint density at radius 3 is 2.92 bits per heavy atom. The van der Waals surface area contributed by atoms with Crippen LogP contribution in [0.25, 0.3) is 0 Å². The molecule has 2 atom stereocenters. The number of rotatable bonds is 7. The highest BCUT2D eigenvalue weighted by atomic mass is 16.5. The van der Waals surface area contributed by atoms with Crippen LogP contribution in [0.3, 0.4) is 0 Å². The molecule has 0 spiro atoms. The molecule has 3 rings (SSSR count). The molecule has 1 aromatic rings. The fourth-order valence-corrected chi connectivity index (χ4v) is 3.43. The molecule has 2 N–H and O–H groups in total. The Morgan fingerprint density at radius 2 is 2.21 bits per heavy atom. The van der Waals surface area contributed by atoms with E-state index in [1.54, 1.807) is 6.26 Å². The lowest BCUT2D eigenvalue weighted by Gasteiger charge is -2.38. The Morgan fingerprint density at radius 1 is 1.38 bits per heavy atom. The molecule has 134 valence electrons. The summed E-state index contributed by atoms with van der Waals surface area (Å²) in [5.41, 5.74) is 0. The molecule has 0 saturated carbocycles. The lowest BCUT2D eigenvalue weighted by Crippen LogP contribution is -2.54. The van der Waals surface area contributed by atoms with Gasteiger partial charge in [-0.3, -0.25) is 4.90 Å². The van der Waals surface area contributed by atoms with E-state index in [0.29, 0.717) is 19.3 Å². The summed E-state index contributed by atoms with van der Waals surface area (Å²) >= 11 is 0. The SMILES string of the molecule is O=C(O)CO[C@@H]1COCC[C@H]1NC1CCN(Cc2ccco2)CC1. The molecule has 0 aromatic carbocycles. The summed E-state index contributed by atoms with van der Waals surface area (Å²) in [6.45, 7) is 3.81. The van der Waals surface area contributed by atoms with Gasteiger partial charge in [-0.15, -0.1) is 0 Å². The van der Waals surface area contributed by atoms with Crippen molar-refractivity contribution in [1.82, 2.24) is 10.2 Å². The molecule has 1 aromatic heterocycles. The average Bonchev–Trinajstić information content (AvgIpc) is 3.09. The summed E-state index contributed by atoms with van der Waals surface area (Å²) < 4.78 is 16.3. The minimum Gasteiger partial charge on any atom is -0.480 e. The molecule has 0 amide bonds. The zero-order valence-electron chi connectivity index (χ0n) is 13.9. The van der Waals surface area contributed by atoms with Crippen molar-refractivity contribution in [2.45, 2.75) is 44.0 Å². The maximum Gasteiger partial charge on any atom is 0.329 e. The third-order valence-electron chi connectivity index (χ3n) is 4.72. The minimum atomic E-state index is -0.939. The van der Waals surface area contributed by atoms with Gasteiger partial charge >= 0.3 is 5.97 Å².